The van der Waals surface area contributed by atoms with E-state index in [0.717, 1.165) is 23.2 Å². The molecule has 110 valence electrons. The predicted molar refractivity (Wildman–Crippen MR) is 91.1 cm³/mol. The summed E-state index contributed by atoms with van der Waals surface area (Å²) in [4.78, 5) is 0. The first-order valence-electron chi connectivity index (χ1n) is 7.24. The van der Waals surface area contributed by atoms with Crippen LogP contribution in [0.1, 0.15) is 30.5 Å². The zero-order valence-corrected chi connectivity index (χ0v) is 14.3. The van der Waals surface area contributed by atoms with Crippen LogP contribution in [-0.2, 0) is 13.0 Å². The lowest BCUT2D eigenvalue weighted by Gasteiger charge is -2.16. The van der Waals surface area contributed by atoms with Gasteiger partial charge in [-0.05, 0) is 61.7 Å². The standard InChI is InChI=1S/C18H20BrNO/c1-12-8-15(19)5-6-16(12)20-11-13-4-7-17-14(9-13)10-18(2,3)21-17/h4-9,20H,10-11H2,1-3H3. The molecule has 0 bridgehead atoms. The molecule has 0 fully saturated rings. The van der Waals surface area contributed by atoms with Crippen LogP contribution in [0.15, 0.2) is 40.9 Å². The Hall–Kier alpha value is -1.48. The number of hydrogen-bond acceptors (Lipinski definition) is 2. The zero-order chi connectivity index (χ0) is 15.0. The Labute approximate surface area is 134 Å². The van der Waals surface area contributed by atoms with Crippen molar-refractivity contribution in [2.24, 2.45) is 0 Å². The summed E-state index contributed by atoms with van der Waals surface area (Å²) in [5.74, 6) is 1.03. The number of fused-ring (bicyclic) bond motifs is 1. The number of hydrogen-bond donors (Lipinski definition) is 1. The quantitative estimate of drug-likeness (QED) is 0.837. The van der Waals surface area contributed by atoms with Gasteiger partial charge >= 0.3 is 0 Å². The smallest absolute Gasteiger partial charge is 0.123 e. The lowest BCUT2D eigenvalue weighted by molar-refractivity contribution is 0.138. The van der Waals surface area contributed by atoms with Crippen molar-refractivity contribution < 1.29 is 4.74 Å². The molecular formula is C18H20BrNO. The molecule has 0 atom stereocenters. The van der Waals surface area contributed by atoms with Gasteiger partial charge in [-0.2, -0.15) is 0 Å². The molecule has 0 amide bonds. The van der Waals surface area contributed by atoms with Crippen molar-refractivity contribution in [2.45, 2.75) is 39.3 Å². The first-order chi connectivity index (χ1) is 9.93. The Kier molecular flexibility index (Phi) is 3.70. The van der Waals surface area contributed by atoms with Gasteiger partial charge < -0.3 is 10.1 Å². The summed E-state index contributed by atoms with van der Waals surface area (Å²) in [6.45, 7) is 7.22. The van der Waals surface area contributed by atoms with Crippen LogP contribution in [0.3, 0.4) is 0 Å². The molecule has 0 radical (unpaired) electrons. The van der Waals surface area contributed by atoms with E-state index in [9.17, 15) is 0 Å². The van der Waals surface area contributed by atoms with Crippen molar-refractivity contribution in [3.05, 3.63) is 57.6 Å². The Morgan fingerprint density at radius 3 is 2.76 bits per heavy atom. The minimum atomic E-state index is -0.0727. The number of anilines is 1. The minimum Gasteiger partial charge on any atom is -0.487 e. The summed E-state index contributed by atoms with van der Waals surface area (Å²) in [7, 11) is 0. The number of aryl methyl sites for hydroxylation is 1. The first-order valence-corrected chi connectivity index (χ1v) is 8.03. The molecule has 3 heteroatoms. The molecule has 3 rings (SSSR count). The Morgan fingerprint density at radius 2 is 2.00 bits per heavy atom. The monoisotopic (exact) mass is 345 g/mol. The van der Waals surface area contributed by atoms with Crippen LogP contribution in [0.5, 0.6) is 5.75 Å². The molecule has 0 spiro atoms. The molecule has 1 aliphatic rings. The van der Waals surface area contributed by atoms with Crippen molar-refractivity contribution in [3.63, 3.8) is 0 Å². The van der Waals surface area contributed by atoms with Crippen LogP contribution >= 0.6 is 15.9 Å². The fourth-order valence-electron chi connectivity index (χ4n) is 2.80. The summed E-state index contributed by atoms with van der Waals surface area (Å²) in [5.41, 5.74) is 4.95. The van der Waals surface area contributed by atoms with Crippen LogP contribution in [0.25, 0.3) is 0 Å². The highest BCUT2D eigenvalue weighted by Gasteiger charge is 2.29. The van der Waals surface area contributed by atoms with Gasteiger partial charge in [-0.1, -0.05) is 28.1 Å². The molecule has 1 aliphatic heterocycles. The van der Waals surface area contributed by atoms with Gasteiger partial charge in [0.25, 0.3) is 0 Å². The summed E-state index contributed by atoms with van der Waals surface area (Å²) in [6, 6.07) is 12.8. The van der Waals surface area contributed by atoms with Crippen LogP contribution in [-0.4, -0.2) is 5.60 Å². The maximum atomic E-state index is 5.92. The van der Waals surface area contributed by atoms with E-state index in [4.69, 9.17) is 4.74 Å². The van der Waals surface area contributed by atoms with E-state index in [-0.39, 0.29) is 5.60 Å². The number of rotatable bonds is 3. The number of benzene rings is 2. The average molecular weight is 346 g/mol. The highest BCUT2D eigenvalue weighted by atomic mass is 79.9. The van der Waals surface area contributed by atoms with Crippen LogP contribution in [0.2, 0.25) is 0 Å². The fourth-order valence-corrected chi connectivity index (χ4v) is 3.27. The molecule has 0 unspecified atom stereocenters. The van der Waals surface area contributed by atoms with E-state index in [1.54, 1.807) is 0 Å². The molecular weight excluding hydrogens is 326 g/mol. The van der Waals surface area contributed by atoms with Gasteiger partial charge in [0.1, 0.15) is 11.4 Å². The number of ether oxygens (including phenoxy) is 1. The Balaban J connectivity index is 1.72. The third-order valence-electron chi connectivity index (χ3n) is 3.80. The maximum Gasteiger partial charge on any atom is 0.123 e. The molecule has 0 saturated carbocycles. The summed E-state index contributed by atoms with van der Waals surface area (Å²) < 4.78 is 7.03. The molecule has 1 heterocycles. The van der Waals surface area contributed by atoms with Gasteiger partial charge in [-0.15, -0.1) is 0 Å². The SMILES string of the molecule is Cc1cc(Br)ccc1NCc1ccc2c(c1)CC(C)(C)O2. The average Bonchev–Trinajstić information content (AvgIpc) is 2.70. The van der Waals surface area contributed by atoms with Crippen LogP contribution < -0.4 is 10.1 Å². The van der Waals surface area contributed by atoms with E-state index in [1.807, 2.05) is 0 Å². The normalized spacial score (nSPS) is 15.4. The molecule has 2 nitrogen and oxygen atoms in total. The third-order valence-corrected chi connectivity index (χ3v) is 4.29. The molecule has 21 heavy (non-hydrogen) atoms. The number of halogens is 1. The molecule has 0 saturated heterocycles. The topological polar surface area (TPSA) is 21.3 Å². The predicted octanol–water partition coefficient (Wildman–Crippen LogP) is 5.08. The van der Waals surface area contributed by atoms with Crippen LogP contribution in [0.4, 0.5) is 5.69 Å². The first kappa shape index (κ1) is 14.5. The van der Waals surface area contributed by atoms with E-state index in [2.05, 4.69) is 78.4 Å². The third kappa shape index (κ3) is 3.24. The molecule has 0 aliphatic carbocycles. The van der Waals surface area contributed by atoms with Crippen LogP contribution in [0, 0.1) is 6.92 Å². The lowest BCUT2D eigenvalue weighted by atomic mass is 10.0. The summed E-state index contributed by atoms with van der Waals surface area (Å²) >= 11 is 3.50. The zero-order valence-electron chi connectivity index (χ0n) is 12.7. The molecule has 2 aromatic rings. The second-order valence-electron chi connectivity index (χ2n) is 6.29. The largest absolute Gasteiger partial charge is 0.487 e. The van der Waals surface area contributed by atoms with Crippen molar-refractivity contribution >= 4 is 21.6 Å². The van der Waals surface area contributed by atoms with Crippen molar-refractivity contribution in [3.8, 4) is 5.75 Å². The van der Waals surface area contributed by atoms with Gasteiger partial charge in [0.05, 0.1) is 0 Å². The Bertz CT molecular complexity index is 679. The van der Waals surface area contributed by atoms with E-state index in [0.29, 0.717) is 0 Å². The minimum absolute atomic E-state index is 0.0727. The number of nitrogens with one attached hydrogen (secondary N) is 1. The molecule has 1 N–H and O–H groups in total. The second-order valence-corrected chi connectivity index (χ2v) is 7.21. The van der Waals surface area contributed by atoms with Crippen molar-refractivity contribution in [2.75, 3.05) is 5.32 Å². The fraction of sp³-hybridized carbons (Fsp3) is 0.333. The summed E-state index contributed by atoms with van der Waals surface area (Å²) in [5, 5.41) is 3.51. The van der Waals surface area contributed by atoms with Gasteiger partial charge in [-0.3, -0.25) is 0 Å². The summed E-state index contributed by atoms with van der Waals surface area (Å²) in [6.07, 6.45) is 0.980. The Morgan fingerprint density at radius 1 is 1.19 bits per heavy atom. The molecule has 2 aromatic carbocycles. The second kappa shape index (κ2) is 5.38. The highest BCUT2D eigenvalue weighted by molar-refractivity contribution is 9.10. The van der Waals surface area contributed by atoms with Gasteiger partial charge in [0.2, 0.25) is 0 Å². The van der Waals surface area contributed by atoms with Gasteiger partial charge in [0.15, 0.2) is 0 Å². The van der Waals surface area contributed by atoms with Crippen molar-refractivity contribution in [1.82, 2.24) is 0 Å². The molecule has 0 aromatic heterocycles. The van der Waals surface area contributed by atoms with E-state index in [1.165, 1.54) is 22.4 Å². The van der Waals surface area contributed by atoms with Crippen molar-refractivity contribution in [1.29, 1.82) is 0 Å². The maximum absolute atomic E-state index is 5.92. The van der Waals surface area contributed by atoms with E-state index >= 15 is 0 Å². The van der Waals surface area contributed by atoms with E-state index < -0.39 is 0 Å². The highest BCUT2D eigenvalue weighted by Crippen LogP contribution is 2.35. The van der Waals surface area contributed by atoms with Gasteiger partial charge in [0, 0.05) is 23.1 Å². The van der Waals surface area contributed by atoms with Gasteiger partial charge in [-0.25, -0.2) is 0 Å². The lowest BCUT2D eigenvalue weighted by Crippen LogP contribution is -2.24.